The van der Waals surface area contributed by atoms with Gasteiger partial charge in [0, 0.05) is 10.5 Å². The van der Waals surface area contributed by atoms with Crippen LogP contribution in [0.5, 0.6) is 11.6 Å². The minimum atomic E-state index is 0.492. The van der Waals surface area contributed by atoms with Gasteiger partial charge in [-0.1, -0.05) is 15.9 Å². The lowest BCUT2D eigenvalue weighted by molar-refractivity contribution is 0.458. The number of nitrogen functional groups attached to an aromatic ring is 1. The fourth-order valence-corrected chi connectivity index (χ4v) is 2.45. The standard InChI is InChI=1S/C12H12BrN3OS/c1-7-3-8(13)4-9(14)12(7)17-10-5-11(18-2)16-6-15-10/h3-6H,14H2,1-2H3. The van der Waals surface area contributed by atoms with Crippen LogP contribution < -0.4 is 10.5 Å². The maximum Gasteiger partial charge on any atom is 0.223 e. The number of nitrogens with two attached hydrogens (primary N) is 1. The third kappa shape index (κ3) is 2.94. The highest BCUT2D eigenvalue weighted by atomic mass is 79.9. The molecule has 2 rings (SSSR count). The Hall–Kier alpha value is -1.27. The number of benzene rings is 1. The van der Waals surface area contributed by atoms with Crippen molar-refractivity contribution in [1.29, 1.82) is 0 Å². The zero-order chi connectivity index (χ0) is 13.1. The van der Waals surface area contributed by atoms with Crippen molar-refractivity contribution in [3.63, 3.8) is 0 Å². The molecule has 1 aromatic carbocycles. The number of nitrogens with zero attached hydrogens (tertiary/aromatic N) is 2. The summed E-state index contributed by atoms with van der Waals surface area (Å²) >= 11 is 4.93. The molecule has 0 radical (unpaired) electrons. The fraction of sp³-hybridized carbons (Fsp3) is 0.167. The molecule has 0 spiro atoms. The Balaban J connectivity index is 2.33. The van der Waals surface area contributed by atoms with E-state index in [4.69, 9.17) is 10.5 Å². The number of ether oxygens (including phenoxy) is 1. The van der Waals surface area contributed by atoms with Gasteiger partial charge in [-0.25, -0.2) is 9.97 Å². The van der Waals surface area contributed by atoms with Crippen LogP contribution in [-0.4, -0.2) is 16.2 Å². The summed E-state index contributed by atoms with van der Waals surface area (Å²) in [6.45, 7) is 1.94. The first-order chi connectivity index (χ1) is 8.60. The number of halogens is 1. The first-order valence-electron chi connectivity index (χ1n) is 5.19. The Morgan fingerprint density at radius 2 is 2.06 bits per heavy atom. The number of thioether (sulfide) groups is 1. The number of anilines is 1. The molecule has 0 amide bonds. The van der Waals surface area contributed by atoms with E-state index in [1.165, 1.54) is 18.1 Å². The van der Waals surface area contributed by atoms with Crippen LogP contribution in [0.1, 0.15) is 5.56 Å². The number of aromatic nitrogens is 2. The van der Waals surface area contributed by atoms with E-state index in [0.717, 1.165) is 15.1 Å². The lowest BCUT2D eigenvalue weighted by Gasteiger charge is -2.11. The first kappa shape index (κ1) is 13.2. The van der Waals surface area contributed by atoms with E-state index >= 15 is 0 Å². The molecule has 4 nitrogen and oxygen atoms in total. The Morgan fingerprint density at radius 1 is 1.28 bits per heavy atom. The summed E-state index contributed by atoms with van der Waals surface area (Å²) in [5, 5.41) is 0.855. The van der Waals surface area contributed by atoms with Gasteiger partial charge in [-0.05, 0) is 30.9 Å². The Morgan fingerprint density at radius 3 is 2.72 bits per heavy atom. The lowest BCUT2D eigenvalue weighted by atomic mass is 10.2. The quantitative estimate of drug-likeness (QED) is 0.530. The SMILES string of the molecule is CSc1cc(Oc2c(C)cc(Br)cc2N)ncn1. The summed E-state index contributed by atoms with van der Waals surface area (Å²) in [6, 6.07) is 5.53. The average Bonchev–Trinajstić information content (AvgIpc) is 2.34. The van der Waals surface area contributed by atoms with Crippen LogP contribution >= 0.6 is 27.7 Å². The van der Waals surface area contributed by atoms with E-state index in [1.54, 1.807) is 12.1 Å². The van der Waals surface area contributed by atoms with Gasteiger partial charge in [-0.3, -0.25) is 0 Å². The second-order valence-corrected chi connectivity index (χ2v) is 5.38. The molecule has 6 heteroatoms. The van der Waals surface area contributed by atoms with Crippen LogP contribution in [0, 0.1) is 6.92 Å². The van der Waals surface area contributed by atoms with E-state index in [9.17, 15) is 0 Å². The minimum absolute atomic E-state index is 0.492. The molecule has 0 aliphatic carbocycles. The van der Waals surface area contributed by atoms with Gasteiger partial charge in [0.1, 0.15) is 11.4 Å². The van der Waals surface area contributed by atoms with Crippen LogP contribution in [-0.2, 0) is 0 Å². The van der Waals surface area contributed by atoms with Crippen LogP contribution in [0.4, 0.5) is 5.69 Å². The van der Waals surface area contributed by atoms with E-state index < -0.39 is 0 Å². The molecule has 2 aromatic rings. The van der Waals surface area contributed by atoms with E-state index in [0.29, 0.717) is 17.3 Å². The molecule has 2 N–H and O–H groups in total. The molecule has 18 heavy (non-hydrogen) atoms. The van der Waals surface area contributed by atoms with Gasteiger partial charge in [-0.2, -0.15) is 0 Å². The van der Waals surface area contributed by atoms with Crippen molar-refractivity contribution in [3.05, 3.63) is 34.6 Å². The highest BCUT2D eigenvalue weighted by Gasteiger charge is 2.09. The Labute approximate surface area is 118 Å². The third-order valence-corrected chi connectivity index (χ3v) is 3.40. The number of rotatable bonds is 3. The number of aryl methyl sites for hydroxylation is 1. The van der Waals surface area contributed by atoms with Gasteiger partial charge in [0.25, 0.3) is 0 Å². The minimum Gasteiger partial charge on any atom is -0.436 e. The fourth-order valence-electron chi connectivity index (χ4n) is 1.49. The highest BCUT2D eigenvalue weighted by molar-refractivity contribution is 9.10. The zero-order valence-corrected chi connectivity index (χ0v) is 12.4. The zero-order valence-electron chi connectivity index (χ0n) is 9.98. The number of hydrogen-bond acceptors (Lipinski definition) is 5. The summed E-state index contributed by atoms with van der Waals surface area (Å²) in [7, 11) is 0. The van der Waals surface area contributed by atoms with Gasteiger partial charge in [0.15, 0.2) is 5.75 Å². The number of hydrogen-bond donors (Lipinski definition) is 1. The monoisotopic (exact) mass is 325 g/mol. The van der Waals surface area contributed by atoms with Gasteiger partial charge < -0.3 is 10.5 Å². The summed E-state index contributed by atoms with van der Waals surface area (Å²) in [6.07, 6.45) is 3.43. The molecular weight excluding hydrogens is 314 g/mol. The summed E-state index contributed by atoms with van der Waals surface area (Å²) < 4.78 is 6.66. The molecule has 0 aliphatic rings. The topological polar surface area (TPSA) is 61.0 Å². The van der Waals surface area contributed by atoms with Gasteiger partial charge in [0.05, 0.1) is 5.69 Å². The van der Waals surface area contributed by atoms with Crippen molar-refractivity contribution >= 4 is 33.4 Å². The summed E-state index contributed by atoms with van der Waals surface area (Å²) in [5.41, 5.74) is 7.46. The molecule has 0 fully saturated rings. The van der Waals surface area contributed by atoms with Crippen molar-refractivity contribution in [1.82, 2.24) is 9.97 Å². The molecule has 0 unspecified atom stereocenters. The summed E-state index contributed by atoms with van der Waals surface area (Å²) in [5.74, 6) is 1.12. The first-order valence-corrected chi connectivity index (χ1v) is 7.21. The maximum absolute atomic E-state index is 5.94. The van der Waals surface area contributed by atoms with Crippen molar-refractivity contribution in [3.8, 4) is 11.6 Å². The van der Waals surface area contributed by atoms with Crippen molar-refractivity contribution in [2.45, 2.75) is 11.9 Å². The molecule has 0 bridgehead atoms. The smallest absolute Gasteiger partial charge is 0.223 e. The van der Waals surface area contributed by atoms with Gasteiger partial charge in [0.2, 0.25) is 5.88 Å². The van der Waals surface area contributed by atoms with E-state index in [-0.39, 0.29) is 0 Å². The normalized spacial score (nSPS) is 10.4. The molecule has 0 atom stereocenters. The second kappa shape index (κ2) is 5.58. The third-order valence-electron chi connectivity index (χ3n) is 2.30. The van der Waals surface area contributed by atoms with E-state index in [1.807, 2.05) is 19.2 Å². The largest absolute Gasteiger partial charge is 0.436 e. The van der Waals surface area contributed by atoms with Crippen molar-refractivity contribution in [2.24, 2.45) is 0 Å². The van der Waals surface area contributed by atoms with Crippen LogP contribution in [0.25, 0.3) is 0 Å². The van der Waals surface area contributed by atoms with Gasteiger partial charge in [-0.15, -0.1) is 11.8 Å². The Bertz CT molecular complexity index is 554. The predicted molar refractivity (Wildman–Crippen MR) is 77.2 cm³/mol. The molecular formula is C12H12BrN3OS. The van der Waals surface area contributed by atoms with Crippen molar-refractivity contribution < 1.29 is 4.74 Å². The Kier molecular flexibility index (Phi) is 4.08. The highest BCUT2D eigenvalue weighted by Crippen LogP contribution is 2.33. The molecule has 1 aromatic heterocycles. The molecule has 94 valence electrons. The van der Waals surface area contributed by atoms with E-state index in [2.05, 4.69) is 25.9 Å². The average molecular weight is 326 g/mol. The van der Waals surface area contributed by atoms with Crippen LogP contribution in [0.15, 0.2) is 34.0 Å². The second-order valence-electron chi connectivity index (χ2n) is 3.64. The molecule has 0 saturated heterocycles. The van der Waals surface area contributed by atoms with Crippen molar-refractivity contribution in [2.75, 3.05) is 12.0 Å². The van der Waals surface area contributed by atoms with Gasteiger partial charge >= 0.3 is 0 Å². The van der Waals surface area contributed by atoms with Crippen LogP contribution in [0.2, 0.25) is 0 Å². The molecule has 0 saturated carbocycles. The summed E-state index contributed by atoms with van der Waals surface area (Å²) in [4.78, 5) is 8.16. The maximum atomic E-state index is 5.94. The lowest BCUT2D eigenvalue weighted by Crippen LogP contribution is -1.97. The predicted octanol–water partition coefficient (Wildman–Crippen LogP) is 3.64. The van der Waals surface area contributed by atoms with Crippen LogP contribution in [0.3, 0.4) is 0 Å². The molecule has 1 heterocycles. The molecule has 0 aliphatic heterocycles.